The third-order valence-corrected chi connectivity index (χ3v) is 6.04. The zero-order valence-electron chi connectivity index (χ0n) is 13.8. The van der Waals surface area contributed by atoms with Crippen LogP contribution in [0, 0.1) is 5.92 Å². The summed E-state index contributed by atoms with van der Waals surface area (Å²) in [5, 5.41) is 3.84. The number of nitrogens with one attached hydrogen (secondary N) is 1. The zero-order valence-corrected chi connectivity index (χ0v) is 15.4. The van der Waals surface area contributed by atoms with Crippen molar-refractivity contribution in [3.05, 3.63) is 21.3 Å². The van der Waals surface area contributed by atoms with Crippen molar-refractivity contribution in [2.45, 2.75) is 65.1 Å². The first-order valence-electron chi connectivity index (χ1n) is 8.21. The van der Waals surface area contributed by atoms with Crippen LogP contribution >= 0.6 is 22.9 Å². The molecule has 2 nitrogen and oxygen atoms in total. The molecule has 0 aromatic carbocycles. The number of rotatable bonds is 6. The van der Waals surface area contributed by atoms with E-state index in [9.17, 15) is 0 Å². The van der Waals surface area contributed by atoms with Crippen molar-refractivity contribution in [2.75, 3.05) is 13.1 Å². The Morgan fingerprint density at radius 2 is 2.10 bits per heavy atom. The van der Waals surface area contributed by atoms with Gasteiger partial charge in [-0.05, 0) is 37.3 Å². The molecule has 1 aliphatic rings. The molecule has 0 saturated carbocycles. The second-order valence-electron chi connectivity index (χ2n) is 6.76. The van der Waals surface area contributed by atoms with Crippen molar-refractivity contribution in [2.24, 2.45) is 5.92 Å². The molecule has 4 heteroatoms. The molecular weight excluding hydrogens is 300 g/mol. The fourth-order valence-corrected chi connectivity index (χ4v) is 4.47. The Morgan fingerprint density at radius 3 is 2.62 bits per heavy atom. The van der Waals surface area contributed by atoms with Gasteiger partial charge < -0.3 is 5.32 Å². The van der Waals surface area contributed by atoms with Crippen LogP contribution in [0.3, 0.4) is 0 Å². The summed E-state index contributed by atoms with van der Waals surface area (Å²) in [5.74, 6) is 0.738. The number of hydrogen-bond acceptors (Lipinski definition) is 3. The third-order valence-electron chi connectivity index (χ3n) is 4.82. The van der Waals surface area contributed by atoms with Gasteiger partial charge in [-0.2, -0.15) is 0 Å². The van der Waals surface area contributed by atoms with E-state index in [1.54, 1.807) is 11.3 Å². The molecule has 1 fully saturated rings. The third kappa shape index (κ3) is 4.44. The summed E-state index contributed by atoms with van der Waals surface area (Å²) >= 11 is 7.82. The first kappa shape index (κ1) is 17.3. The standard InChI is InChI=1S/C17H29ClN2S/c1-5-17(6-2)12-20(11-15-7-8-16(18)21-15)14(10-19-17)9-13(3)4/h7-8,13-14,19H,5-6,9-12H2,1-4H3. The highest BCUT2D eigenvalue weighted by molar-refractivity contribution is 7.16. The molecule has 0 amide bonds. The Bertz CT molecular complexity index is 440. The average molecular weight is 329 g/mol. The summed E-state index contributed by atoms with van der Waals surface area (Å²) in [4.78, 5) is 4.07. The van der Waals surface area contributed by atoms with Crippen LogP contribution in [0.15, 0.2) is 12.1 Å². The highest BCUT2D eigenvalue weighted by atomic mass is 35.5. The summed E-state index contributed by atoms with van der Waals surface area (Å²) in [6, 6.07) is 4.84. The van der Waals surface area contributed by atoms with E-state index in [-0.39, 0.29) is 5.54 Å². The molecule has 1 aliphatic heterocycles. The summed E-state index contributed by atoms with van der Waals surface area (Å²) in [5.41, 5.74) is 0.286. The van der Waals surface area contributed by atoms with Crippen molar-refractivity contribution >= 4 is 22.9 Å². The summed E-state index contributed by atoms with van der Waals surface area (Å²) < 4.78 is 0.901. The maximum absolute atomic E-state index is 6.10. The van der Waals surface area contributed by atoms with E-state index in [1.165, 1.54) is 24.1 Å². The molecule has 1 atom stereocenters. The molecule has 2 heterocycles. The first-order valence-corrected chi connectivity index (χ1v) is 9.40. The van der Waals surface area contributed by atoms with Crippen LogP contribution in [0.25, 0.3) is 0 Å². The SMILES string of the molecule is CCC1(CC)CN(Cc2ccc(Cl)s2)C(CC(C)C)CN1. The number of nitrogens with zero attached hydrogens (tertiary/aromatic N) is 1. The molecule has 0 bridgehead atoms. The molecule has 0 radical (unpaired) electrons. The number of halogens is 1. The Hall–Kier alpha value is -0.0900. The molecule has 21 heavy (non-hydrogen) atoms. The van der Waals surface area contributed by atoms with Crippen LogP contribution in [-0.4, -0.2) is 29.6 Å². The highest BCUT2D eigenvalue weighted by Gasteiger charge is 2.36. The molecule has 1 aromatic rings. The minimum Gasteiger partial charge on any atom is -0.308 e. The molecule has 1 aromatic heterocycles. The van der Waals surface area contributed by atoms with Crippen LogP contribution < -0.4 is 5.32 Å². The highest BCUT2D eigenvalue weighted by Crippen LogP contribution is 2.29. The van der Waals surface area contributed by atoms with E-state index in [2.05, 4.69) is 44.0 Å². The topological polar surface area (TPSA) is 15.3 Å². The lowest BCUT2D eigenvalue weighted by molar-refractivity contribution is 0.0569. The fraction of sp³-hybridized carbons (Fsp3) is 0.765. The normalized spacial score (nSPS) is 22.9. The predicted octanol–water partition coefficient (Wildman–Crippen LogP) is 4.78. The van der Waals surface area contributed by atoms with Gasteiger partial charge in [0.25, 0.3) is 0 Å². The van der Waals surface area contributed by atoms with Gasteiger partial charge in [-0.15, -0.1) is 11.3 Å². The molecule has 1 N–H and O–H groups in total. The van der Waals surface area contributed by atoms with E-state index in [0.29, 0.717) is 6.04 Å². The van der Waals surface area contributed by atoms with Gasteiger partial charge >= 0.3 is 0 Å². The lowest BCUT2D eigenvalue weighted by Gasteiger charge is -2.48. The Kier molecular flexibility index (Phi) is 6.13. The number of hydrogen-bond donors (Lipinski definition) is 1. The van der Waals surface area contributed by atoms with Crippen LogP contribution in [-0.2, 0) is 6.54 Å². The summed E-state index contributed by atoms with van der Waals surface area (Å²) in [6.45, 7) is 12.5. The van der Waals surface area contributed by atoms with Crippen LogP contribution in [0.2, 0.25) is 4.34 Å². The first-order chi connectivity index (χ1) is 9.98. The van der Waals surface area contributed by atoms with Gasteiger partial charge in [-0.3, -0.25) is 4.90 Å². The van der Waals surface area contributed by atoms with Gasteiger partial charge in [-0.25, -0.2) is 0 Å². The second-order valence-corrected chi connectivity index (χ2v) is 8.56. The quantitative estimate of drug-likeness (QED) is 0.808. The largest absolute Gasteiger partial charge is 0.308 e. The maximum Gasteiger partial charge on any atom is 0.0931 e. The van der Waals surface area contributed by atoms with Gasteiger partial charge in [0.15, 0.2) is 0 Å². The monoisotopic (exact) mass is 328 g/mol. The average Bonchev–Trinajstić information content (AvgIpc) is 2.86. The van der Waals surface area contributed by atoms with Gasteiger partial charge in [0.2, 0.25) is 0 Å². The van der Waals surface area contributed by atoms with Crippen LogP contribution in [0.4, 0.5) is 0 Å². The lowest BCUT2D eigenvalue weighted by Crippen LogP contribution is -2.63. The molecule has 2 rings (SSSR count). The summed E-state index contributed by atoms with van der Waals surface area (Å²) in [7, 11) is 0. The van der Waals surface area contributed by atoms with E-state index in [4.69, 9.17) is 11.6 Å². The Balaban J connectivity index is 2.12. The van der Waals surface area contributed by atoms with Crippen LogP contribution in [0.1, 0.15) is 51.8 Å². The van der Waals surface area contributed by atoms with E-state index in [1.807, 2.05) is 6.07 Å². The number of piperazine rings is 1. The van der Waals surface area contributed by atoms with Crippen molar-refractivity contribution in [1.29, 1.82) is 0 Å². The van der Waals surface area contributed by atoms with Crippen molar-refractivity contribution in [3.8, 4) is 0 Å². The summed E-state index contributed by atoms with van der Waals surface area (Å²) in [6.07, 6.45) is 3.65. The molecule has 1 unspecified atom stereocenters. The van der Waals surface area contributed by atoms with E-state index < -0.39 is 0 Å². The molecule has 1 saturated heterocycles. The van der Waals surface area contributed by atoms with Gasteiger partial charge in [0.05, 0.1) is 4.34 Å². The lowest BCUT2D eigenvalue weighted by atomic mass is 9.87. The smallest absolute Gasteiger partial charge is 0.0931 e. The van der Waals surface area contributed by atoms with Gasteiger partial charge in [-0.1, -0.05) is 39.3 Å². The minimum absolute atomic E-state index is 0.286. The molecule has 0 spiro atoms. The second kappa shape index (κ2) is 7.45. The maximum atomic E-state index is 6.10. The van der Waals surface area contributed by atoms with Gasteiger partial charge in [0, 0.05) is 36.1 Å². The molecule has 0 aliphatic carbocycles. The van der Waals surface area contributed by atoms with E-state index >= 15 is 0 Å². The number of thiophene rings is 1. The zero-order chi connectivity index (χ0) is 15.5. The predicted molar refractivity (Wildman–Crippen MR) is 94.3 cm³/mol. The van der Waals surface area contributed by atoms with Gasteiger partial charge in [0.1, 0.15) is 0 Å². The van der Waals surface area contributed by atoms with E-state index in [0.717, 1.165) is 29.9 Å². The molecule has 120 valence electrons. The Morgan fingerprint density at radius 1 is 1.38 bits per heavy atom. The van der Waals surface area contributed by atoms with Crippen molar-refractivity contribution in [3.63, 3.8) is 0 Å². The van der Waals surface area contributed by atoms with Crippen molar-refractivity contribution in [1.82, 2.24) is 10.2 Å². The Labute approximate surface area is 138 Å². The van der Waals surface area contributed by atoms with Crippen LogP contribution in [0.5, 0.6) is 0 Å². The minimum atomic E-state index is 0.286. The molecular formula is C17H29ClN2S. The van der Waals surface area contributed by atoms with Crippen molar-refractivity contribution < 1.29 is 0 Å². The fourth-order valence-electron chi connectivity index (χ4n) is 3.36.